The van der Waals surface area contributed by atoms with Gasteiger partial charge in [0.05, 0.1) is 13.1 Å². The zero-order valence-corrected chi connectivity index (χ0v) is 17.5. The third-order valence-corrected chi connectivity index (χ3v) is 4.84. The fourth-order valence-corrected chi connectivity index (χ4v) is 3.49. The van der Waals surface area contributed by atoms with Gasteiger partial charge in [-0.15, -0.1) is 0 Å². The first-order valence-electron chi connectivity index (χ1n) is 9.95. The van der Waals surface area contributed by atoms with E-state index in [4.69, 9.17) is 9.47 Å². The molecule has 158 valence electrons. The molecular formula is C21H29N3O5. The molecule has 1 aromatic carbocycles. The number of benzene rings is 1. The molecule has 0 spiro atoms. The van der Waals surface area contributed by atoms with Crippen LogP contribution in [0.3, 0.4) is 0 Å². The van der Waals surface area contributed by atoms with Gasteiger partial charge in [-0.1, -0.05) is 6.07 Å². The highest BCUT2D eigenvalue weighted by molar-refractivity contribution is 5.90. The molecule has 3 amide bonds. The molecule has 3 rings (SSSR count). The Hall–Kier alpha value is -2.77. The fraction of sp³-hybridized carbons (Fsp3) is 0.571. The lowest BCUT2D eigenvalue weighted by molar-refractivity contribution is -0.119. The normalized spacial score (nSPS) is 19.3. The number of cyclic esters (lactones) is 1. The van der Waals surface area contributed by atoms with E-state index >= 15 is 0 Å². The van der Waals surface area contributed by atoms with E-state index in [1.54, 1.807) is 9.80 Å². The van der Waals surface area contributed by atoms with Crippen LogP contribution in [0.15, 0.2) is 18.2 Å². The molecule has 8 nitrogen and oxygen atoms in total. The van der Waals surface area contributed by atoms with Gasteiger partial charge in [0.15, 0.2) is 0 Å². The van der Waals surface area contributed by atoms with Crippen molar-refractivity contribution >= 4 is 23.8 Å². The van der Waals surface area contributed by atoms with Crippen molar-refractivity contribution in [3.05, 3.63) is 29.3 Å². The summed E-state index contributed by atoms with van der Waals surface area (Å²) < 4.78 is 10.9. The number of nitrogens with one attached hydrogen (secondary N) is 1. The Morgan fingerprint density at radius 3 is 2.72 bits per heavy atom. The summed E-state index contributed by atoms with van der Waals surface area (Å²) in [7, 11) is 0. The Balaban J connectivity index is 1.70. The summed E-state index contributed by atoms with van der Waals surface area (Å²) >= 11 is 0. The first-order chi connectivity index (χ1) is 13.6. The Kier molecular flexibility index (Phi) is 6.00. The maximum absolute atomic E-state index is 12.4. The van der Waals surface area contributed by atoms with E-state index in [2.05, 4.69) is 5.32 Å². The van der Waals surface area contributed by atoms with E-state index in [-0.39, 0.29) is 18.1 Å². The van der Waals surface area contributed by atoms with Crippen LogP contribution in [-0.4, -0.2) is 54.3 Å². The number of fused-ring (bicyclic) bond motifs is 1. The van der Waals surface area contributed by atoms with Crippen LogP contribution in [0.4, 0.5) is 15.3 Å². The van der Waals surface area contributed by atoms with Crippen molar-refractivity contribution < 1.29 is 23.9 Å². The molecule has 1 atom stereocenters. The lowest BCUT2D eigenvalue weighted by Crippen LogP contribution is -2.36. The van der Waals surface area contributed by atoms with E-state index in [9.17, 15) is 14.4 Å². The number of carbonyl (C=O) groups is 3. The van der Waals surface area contributed by atoms with Gasteiger partial charge >= 0.3 is 12.2 Å². The second-order valence-corrected chi connectivity index (χ2v) is 8.51. The highest BCUT2D eigenvalue weighted by atomic mass is 16.6. The van der Waals surface area contributed by atoms with Crippen molar-refractivity contribution in [3.63, 3.8) is 0 Å². The highest BCUT2D eigenvalue weighted by Crippen LogP contribution is 2.28. The average Bonchev–Trinajstić information content (AvgIpc) is 2.85. The fourth-order valence-electron chi connectivity index (χ4n) is 3.49. The first-order valence-corrected chi connectivity index (χ1v) is 9.95. The molecule has 0 aromatic heterocycles. The van der Waals surface area contributed by atoms with Gasteiger partial charge < -0.3 is 19.7 Å². The van der Waals surface area contributed by atoms with Crippen molar-refractivity contribution in [3.8, 4) is 0 Å². The smallest absolute Gasteiger partial charge is 0.414 e. The number of nitrogens with zero attached hydrogens (tertiary/aromatic N) is 2. The maximum atomic E-state index is 12.4. The zero-order valence-electron chi connectivity index (χ0n) is 17.5. The van der Waals surface area contributed by atoms with Gasteiger partial charge in [-0.25, -0.2) is 9.59 Å². The molecule has 2 aliphatic rings. The minimum absolute atomic E-state index is 0.154. The largest absolute Gasteiger partial charge is 0.444 e. The monoisotopic (exact) mass is 403 g/mol. The number of aryl methyl sites for hydroxylation is 1. The van der Waals surface area contributed by atoms with Crippen LogP contribution in [0, 0.1) is 0 Å². The molecule has 1 N–H and O–H groups in total. The van der Waals surface area contributed by atoms with Crippen LogP contribution >= 0.6 is 0 Å². The Labute approximate surface area is 171 Å². The number of ether oxygens (including phenoxy) is 2. The quantitative estimate of drug-likeness (QED) is 0.838. The lowest BCUT2D eigenvalue weighted by atomic mass is 10.0. The Morgan fingerprint density at radius 1 is 1.28 bits per heavy atom. The van der Waals surface area contributed by atoms with E-state index in [0.717, 1.165) is 29.7 Å². The lowest BCUT2D eigenvalue weighted by Gasteiger charge is -2.26. The minimum atomic E-state index is -0.528. The number of carbonyl (C=O) groups excluding carboxylic acids is 3. The van der Waals surface area contributed by atoms with Gasteiger partial charge in [0.25, 0.3) is 0 Å². The summed E-state index contributed by atoms with van der Waals surface area (Å²) in [6, 6.07) is 5.83. The molecule has 2 aliphatic heterocycles. The molecule has 0 radical (unpaired) electrons. The molecule has 0 unspecified atom stereocenters. The maximum Gasteiger partial charge on any atom is 0.414 e. The average molecular weight is 403 g/mol. The van der Waals surface area contributed by atoms with Crippen molar-refractivity contribution in [2.45, 2.75) is 58.8 Å². The van der Waals surface area contributed by atoms with Crippen molar-refractivity contribution in [1.29, 1.82) is 0 Å². The zero-order chi connectivity index (χ0) is 21.2. The summed E-state index contributed by atoms with van der Waals surface area (Å²) in [6.45, 7) is 8.81. The Morgan fingerprint density at radius 2 is 2.03 bits per heavy atom. The van der Waals surface area contributed by atoms with Crippen LogP contribution in [0.5, 0.6) is 0 Å². The second kappa shape index (κ2) is 8.31. The van der Waals surface area contributed by atoms with Crippen molar-refractivity contribution in [2.24, 2.45) is 0 Å². The molecule has 1 fully saturated rings. The summed E-state index contributed by atoms with van der Waals surface area (Å²) in [5.41, 5.74) is 2.41. The number of anilines is 1. The van der Waals surface area contributed by atoms with Gasteiger partial charge in [-0.3, -0.25) is 9.69 Å². The van der Waals surface area contributed by atoms with Gasteiger partial charge in [0.2, 0.25) is 5.91 Å². The van der Waals surface area contributed by atoms with Gasteiger partial charge in [0.1, 0.15) is 11.7 Å². The molecule has 29 heavy (non-hydrogen) atoms. The summed E-state index contributed by atoms with van der Waals surface area (Å²) in [6.07, 6.45) is 0.557. The number of hydrogen-bond donors (Lipinski definition) is 1. The molecular weight excluding hydrogens is 374 g/mol. The number of amides is 3. The number of rotatable bonds is 3. The van der Waals surface area contributed by atoms with Crippen molar-refractivity contribution in [2.75, 3.05) is 24.5 Å². The first kappa shape index (κ1) is 21.0. The second-order valence-electron chi connectivity index (χ2n) is 8.51. The third kappa shape index (κ3) is 5.40. The van der Waals surface area contributed by atoms with Gasteiger partial charge in [-0.05, 0) is 56.9 Å². The summed E-state index contributed by atoms with van der Waals surface area (Å²) in [5, 5.41) is 2.68. The molecule has 0 bridgehead atoms. The third-order valence-electron chi connectivity index (χ3n) is 4.84. The SMILES string of the molecule is CC(=O)NC[C@H]1CN(c2ccc3c(c2)CCCN(C(=O)OC(C)(C)C)C3)C(=O)O1. The summed E-state index contributed by atoms with van der Waals surface area (Å²) in [5.74, 6) is -0.154. The highest BCUT2D eigenvalue weighted by Gasteiger charge is 2.33. The molecule has 2 heterocycles. The predicted octanol–water partition coefficient (Wildman–Crippen LogP) is 2.83. The van der Waals surface area contributed by atoms with E-state index in [0.29, 0.717) is 26.2 Å². The summed E-state index contributed by atoms with van der Waals surface area (Å²) in [4.78, 5) is 39.1. The molecule has 1 aromatic rings. The van der Waals surface area contributed by atoms with Gasteiger partial charge in [0, 0.05) is 25.7 Å². The van der Waals surface area contributed by atoms with Crippen LogP contribution in [0.1, 0.15) is 45.2 Å². The van der Waals surface area contributed by atoms with Crippen LogP contribution in [0.2, 0.25) is 0 Å². The number of hydrogen-bond acceptors (Lipinski definition) is 5. The van der Waals surface area contributed by atoms with Crippen LogP contribution in [0.25, 0.3) is 0 Å². The Bertz CT molecular complexity index is 802. The van der Waals surface area contributed by atoms with Crippen LogP contribution < -0.4 is 10.2 Å². The molecule has 0 aliphatic carbocycles. The minimum Gasteiger partial charge on any atom is -0.444 e. The topological polar surface area (TPSA) is 88.2 Å². The van der Waals surface area contributed by atoms with E-state index in [1.165, 1.54) is 6.92 Å². The van der Waals surface area contributed by atoms with Gasteiger partial charge in [-0.2, -0.15) is 0 Å². The van der Waals surface area contributed by atoms with E-state index < -0.39 is 11.7 Å². The molecule has 8 heteroatoms. The standard InChI is InChI=1S/C21H29N3O5/c1-14(25)22-11-18-13-24(20(27)28-18)17-8-7-16-12-23(9-5-6-15(16)10-17)19(26)29-21(2,3)4/h7-8,10,18H,5-6,9,11-13H2,1-4H3,(H,22,25)/t18-/m0/s1. The molecule has 1 saturated heterocycles. The van der Waals surface area contributed by atoms with E-state index in [1.807, 2.05) is 39.0 Å². The molecule has 0 saturated carbocycles. The predicted molar refractivity (Wildman–Crippen MR) is 108 cm³/mol. The van der Waals surface area contributed by atoms with Crippen molar-refractivity contribution in [1.82, 2.24) is 10.2 Å². The van der Waals surface area contributed by atoms with Crippen LogP contribution in [-0.2, 0) is 27.2 Å².